The average molecular weight is 1050 g/mol. The first-order valence-electron chi connectivity index (χ1n) is 26.8. The van der Waals surface area contributed by atoms with Crippen molar-refractivity contribution in [3.63, 3.8) is 0 Å². The Bertz CT molecular complexity index is 3650. The summed E-state index contributed by atoms with van der Waals surface area (Å²) in [6.07, 6.45) is 20.2. The lowest BCUT2D eigenvalue weighted by Gasteiger charge is -2.17. The number of benzene rings is 5. The smallest absolute Gasteiger partial charge is 0.250 e. The molecule has 9 aromatic rings. The van der Waals surface area contributed by atoms with E-state index in [9.17, 15) is 9.59 Å². The minimum Gasteiger partial charge on any atom is -0.457 e. The van der Waals surface area contributed by atoms with Crippen LogP contribution in [0.1, 0.15) is 38.1 Å². The second-order valence-corrected chi connectivity index (χ2v) is 20.4. The molecule has 4 N–H and O–H groups in total. The van der Waals surface area contributed by atoms with Crippen LogP contribution in [0.25, 0.3) is 50.0 Å². The number of amides is 2. The van der Waals surface area contributed by atoms with E-state index in [-0.39, 0.29) is 17.9 Å². The second kappa shape index (κ2) is 23.2. The third-order valence-corrected chi connectivity index (χ3v) is 14.9. The van der Waals surface area contributed by atoms with Crippen molar-refractivity contribution in [2.75, 3.05) is 63.7 Å². The Labute approximate surface area is 459 Å². The topological polar surface area (TPSA) is 179 Å². The SMILES string of the molecule is CN(C(=O)/C=C/CN(C)C1CC1)c1cccc(-n2cc(-c3ccc(Oc4ccccc4)cc3)c3c(N)ncnc32)c1.CN(C/C=C/C(=O)N1CC[C@@H](n2cc(-c3ccc(Oc4ccccc4)cc3)c3c(N)ncnc32)C1)C1CC1. The van der Waals surface area contributed by atoms with Crippen LogP contribution in [-0.4, -0.2) is 115 Å². The van der Waals surface area contributed by atoms with Gasteiger partial charge in [0.2, 0.25) is 11.8 Å². The molecular weight excluding hydrogens is 989 g/mol. The molecular formula is C63H64N12O4. The van der Waals surface area contributed by atoms with Crippen LogP contribution in [0.4, 0.5) is 17.3 Å². The molecule has 2 saturated carbocycles. The van der Waals surface area contributed by atoms with Gasteiger partial charge in [-0.3, -0.25) is 19.4 Å². The molecule has 4 aromatic heterocycles. The fraction of sp³-hybridized carbons (Fsp3) is 0.238. The highest BCUT2D eigenvalue weighted by molar-refractivity contribution is 6.03. The Morgan fingerprint density at radius 2 is 1.11 bits per heavy atom. The number of anilines is 3. The fourth-order valence-electron chi connectivity index (χ4n) is 10.1. The first kappa shape index (κ1) is 52.0. The molecule has 5 heterocycles. The van der Waals surface area contributed by atoms with Crippen LogP contribution in [0.2, 0.25) is 0 Å². The van der Waals surface area contributed by atoms with Gasteiger partial charge >= 0.3 is 0 Å². The maximum atomic E-state index is 12.9. The quantitative estimate of drug-likeness (QED) is 0.0826. The number of carbonyl (C=O) groups excluding carboxylic acids is 2. The van der Waals surface area contributed by atoms with E-state index in [0.29, 0.717) is 42.5 Å². The Hall–Kier alpha value is -9.12. The molecule has 5 aromatic carbocycles. The zero-order valence-electron chi connectivity index (χ0n) is 44.7. The van der Waals surface area contributed by atoms with Gasteiger partial charge in [-0.1, -0.05) is 78.9 Å². The molecule has 0 spiro atoms. The molecule has 3 aliphatic rings. The first-order valence-corrected chi connectivity index (χ1v) is 26.8. The van der Waals surface area contributed by atoms with E-state index in [1.165, 1.54) is 38.3 Å². The molecule has 2 aliphatic carbocycles. The summed E-state index contributed by atoms with van der Waals surface area (Å²) in [6.45, 7) is 2.93. The van der Waals surface area contributed by atoms with Crippen LogP contribution >= 0.6 is 0 Å². The van der Waals surface area contributed by atoms with Crippen molar-refractivity contribution < 1.29 is 19.1 Å². The van der Waals surface area contributed by atoms with Crippen molar-refractivity contribution in [1.29, 1.82) is 0 Å². The zero-order valence-corrected chi connectivity index (χ0v) is 44.7. The van der Waals surface area contributed by atoms with Gasteiger partial charge in [-0.15, -0.1) is 0 Å². The summed E-state index contributed by atoms with van der Waals surface area (Å²) in [5.41, 5.74) is 19.7. The van der Waals surface area contributed by atoms with Gasteiger partial charge < -0.3 is 39.9 Å². The lowest BCUT2D eigenvalue weighted by molar-refractivity contribution is -0.125. The Kier molecular flexibility index (Phi) is 15.3. The van der Waals surface area contributed by atoms with E-state index in [2.05, 4.69) is 54.6 Å². The molecule has 1 saturated heterocycles. The number of hydrogen-bond donors (Lipinski definition) is 2. The van der Waals surface area contributed by atoms with Crippen molar-refractivity contribution in [3.8, 4) is 50.9 Å². The van der Waals surface area contributed by atoms with Crippen LogP contribution in [0.3, 0.4) is 0 Å². The van der Waals surface area contributed by atoms with Crippen molar-refractivity contribution in [1.82, 2.24) is 43.8 Å². The van der Waals surface area contributed by atoms with Crippen molar-refractivity contribution in [2.45, 2.75) is 50.2 Å². The number of rotatable bonds is 17. The van der Waals surface area contributed by atoms with Crippen LogP contribution in [0, 0.1) is 0 Å². The Morgan fingerprint density at radius 1 is 0.595 bits per heavy atom. The molecule has 2 amide bonds. The number of ether oxygens (including phenoxy) is 2. The van der Waals surface area contributed by atoms with E-state index < -0.39 is 0 Å². The lowest BCUT2D eigenvalue weighted by atomic mass is 10.1. The Morgan fingerprint density at radius 3 is 1.68 bits per heavy atom. The van der Waals surface area contributed by atoms with Crippen LogP contribution in [0.5, 0.6) is 23.0 Å². The minimum absolute atomic E-state index is 0.0662. The largest absolute Gasteiger partial charge is 0.457 e. The van der Waals surface area contributed by atoms with E-state index in [1.807, 2.05) is 161 Å². The molecule has 1 aliphatic heterocycles. The van der Waals surface area contributed by atoms with Gasteiger partial charge in [0.1, 0.15) is 52.9 Å². The summed E-state index contributed by atoms with van der Waals surface area (Å²) in [6, 6.07) is 44.5. The molecule has 1 atom stereocenters. The predicted molar refractivity (Wildman–Crippen MR) is 312 cm³/mol. The number of nitrogen functional groups attached to an aromatic ring is 2. The van der Waals surface area contributed by atoms with Gasteiger partial charge in [-0.2, -0.15) is 0 Å². The molecule has 16 heteroatoms. The maximum absolute atomic E-state index is 12.9. The lowest BCUT2D eigenvalue weighted by Crippen LogP contribution is -2.28. The van der Waals surface area contributed by atoms with E-state index in [1.54, 1.807) is 24.1 Å². The summed E-state index contributed by atoms with van der Waals surface area (Å²) >= 11 is 0. The molecule has 12 rings (SSSR count). The van der Waals surface area contributed by atoms with E-state index in [4.69, 9.17) is 20.9 Å². The number of likely N-dealkylation sites (N-methyl/N-ethyl adjacent to an activating group) is 3. The monoisotopic (exact) mass is 1050 g/mol. The van der Waals surface area contributed by atoms with E-state index >= 15 is 0 Å². The highest BCUT2D eigenvalue weighted by Crippen LogP contribution is 2.39. The number of fused-ring (bicyclic) bond motifs is 2. The standard InChI is InChI=1S/C33H32N6O2.C30H32N6O2/c1-37(24-15-16-24)19-7-12-30(40)38(2)25-8-6-9-26(20-25)39-21-29(31-32(34)35-22-36-33(31)39)23-13-17-28(18-14-23)41-27-10-4-3-5-11-27;1-34(22-11-12-22)16-5-8-27(37)35-17-15-23(18-35)36-19-26(28-29(31)32-20-33-30(28)36)21-9-13-25(14-10-21)38-24-6-3-2-4-7-24/h3-14,17-18,20-22,24H,15-16,19H2,1-2H3,(H2,34,35,36);2-10,13-14,19-20,22-23H,11-12,15-18H2,1H3,(H2,31,32,33)/b12-7+;8-5+/t;23-/m.1/s1. The fourth-order valence-corrected chi connectivity index (χ4v) is 10.1. The first-order chi connectivity index (χ1) is 38.5. The molecule has 400 valence electrons. The predicted octanol–water partition coefficient (Wildman–Crippen LogP) is 11.0. The van der Waals surface area contributed by atoms with Gasteiger partial charge in [-0.25, -0.2) is 19.9 Å². The average Bonchev–Trinajstić information content (AvgIpc) is 4.59. The van der Waals surface area contributed by atoms with Crippen LogP contribution < -0.4 is 25.8 Å². The highest BCUT2D eigenvalue weighted by atomic mass is 16.5. The number of likely N-dealkylation sites (tertiary alicyclic amines) is 1. The van der Waals surface area contributed by atoms with Gasteiger partial charge in [-0.05, 0) is 124 Å². The van der Waals surface area contributed by atoms with Gasteiger partial charge in [0.15, 0.2) is 5.65 Å². The number of carbonyl (C=O) groups is 2. The third-order valence-electron chi connectivity index (χ3n) is 14.9. The van der Waals surface area contributed by atoms with Gasteiger partial charge in [0.25, 0.3) is 0 Å². The second-order valence-electron chi connectivity index (χ2n) is 20.4. The van der Waals surface area contributed by atoms with Crippen LogP contribution in [-0.2, 0) is 9.59 Å². The summed E-state index contributed by atoms with van der Waals surface area (Å²) in [4.78, 5) is 51.6. The van der Waals surface area contributed by atoms with Gasteiger partial charge in [0, 0.05) is 92.4 Å². The number of hydrogen-bond acceptors (Lipinski definition) is 12. The molecule has 3 fully saturated rings. The van der Waals surface area contributed by atoms with Crippen molar-refractivity contribution in [3.05, 3.63) is 183 Å². The highest BCUT2D eigenvalue weighted by Gasteiger charge is 2.30. The molecule has 0 radical (unpaired) electrons. The third kappa shape index (κ3) is 12.1. The summed E-state index contributed by atoms with van der Waals surface area (Å²) in [5.74, 6) is 3.90. The number of nitrogens with zero attached hydrogens (tertiary/aromatic N) is 10. The Balaban J connectivity index is 0.000000168. The zero-order chi connectivity index (χ0) is 54.4. The maximum Gasteiger partial charge on any atom is 0.250 e. The number of aromatic nitrogens is 6. The van der Waals surface area contributed by atoms with Crippen LogP contribution in [0.15, 0.2) is 183 Å². The van der Waals surface area contributed by atoms with Gasteiger partial charge in [0.05, 0.1) is 16.8 Å². The summed E-state index contributed by atoms with van der Waals surface area (Å²) in [5, 5.41) is 1.60. The number of para-hydroxylation sites is 2. The molecule has 79 heavy (non-hydrogen) atoms. The molecule has 0 unspecified atom stereocenters. The molecule has 0 bridgehead atoms. The molecule has 16 nitrogen and oxygen atoms in total. The summed E-state index contributed by atoms with van der Waals surface area (Å²) < 4.78 is 16.1. The normalized spacial score (nSPS) is 15.4. The summed E-state index contributed by atoms with van der Waals surface area (Å²) in [7, 11) is 6.00. The number of nitrogens with two attached hydrogens (primary N) is 2. The minimum atomic E-state index is -0.0752. The van der Waals surface area contributed by atoms with Crippen molar-refractivity contribution >= 4 is 51.2 Å². The van der Waals surface area contributed by atoms with E-state index in [0.717, 1.165) is 92.6 Å². The van der Waals surface area contributed by atoms with Crippen molar-refractivity contribution in [2.24, 2.45) is 0 Å².